The molecule has 0 radical (unpaired) electrons. The lowest BCUT2D eigenvalue weighted by atomic mass is 10.0. The Morgan fingerprint density at radius 2 is 1.82 bits per heavy atom. The van der Waals surface area contributed by atoms with Gasteiger partial charge in [-0.2, -0.15) is 0 Å². The minimum absolute atomic E-state index is 0.00904. The van der Waals surface area contributed by atoms with Crippen molar-refractivity contribution in [2.75, 3.05) is 17.1 Å². The van der Waals surface area contributed by atoms with Crippen LogP contribution in [-0.2, 0) is 10.0 Å². The molecule has 0 spiro atoms. The van der Waals surface area contributed by atoms with Crippen LogP contribution in [0.2, 0.25) is 0 Å². The highest BCUT2D eigenvalue weighted by Gasteiger charge is 2.18. The highest BCUT2D eigenvalue weighted by Crippen LogP contribution is 2.28. The van der Waals surface area contributed by atoms with Crippen LogP contribution in [0, 0.1) is 0 Å². The lowest BCUT2D eigenvalue weighted by molar-refractivity contribution is 0.102. The van der Waals surface area contributed by atoms with E-state index in [0.29, 0.717) is 27.8 Å². The largest absolute Gasteiger partial charge is 0.481 e. The Hall–Kier alpha value is -4.42. The van der Waals surface area contributed by atoms with Crippen LogP contribution >= 0.6 is 15.9 Å². The van der Waals surface area contributed by atoms with Gasteiger partial charge in [-0.15, -0.1) is 0 Å². The number of benzene rings is 2. The lowest BCUT2D eigenvalue weighted by Crippen LogP contribution is -2.15. The van der Waals surface area contributed by atoms with Crippen LogP contribution in [0.15, 0.2) is 94.8 Å². The second-order valence-electron chi connectivity index (χ2n) is 7.99. The van der Waals surface area contributed by atoms with E-state index in [-0.39, 0.29) is 22.5 Å². The fourth-order valence-corrected chi connectivity index (χ4v) is 5.03. The molecular formula is C26H19BrN6O4S. The minimum Gasteiger partial charge on any atom is -0.481 e. The van der Waals surface area contributed by atoms with Crippen LogP contribution in [0.5, 0.6) is 5.88 Å². The number of pyridine rings is 2. The second kappa shape index (κ2) is 10.5. The molecule has 12 heteroatoms. The summed E-state index contributed by atoms with van der Waals surface area (Å²) in [5.41, 5.74) is 2.85. The van der Waals surface area contributed by atoms with Crippen LogP contribution in [0.4, 0.5) is 11.5 Å². The molecule has 2 aromatic carbocycles. The number of carbonyl (C=O) groups is 1. The number of amides is 1. The van der Waals surface area contributed by atoms with Gasteiger partial charge < -0.3 is 10.1 Å². The van der Waals surface area contributed by atoms with Crippen LogP contribution in [0.1, 0.15) is 10.4 Å². The lowest BCUT2D eigenvalue weighted by Gasteiger charge is -2.12. The highest BCUT2D eigenvalue weighted by atomic mass is 79.9. The normalized spacial score (nSPS) is 11.2. The Morgan fingerprint density at radius 1 is 1.00 bits per heavy atom. The molecule has 38 heavy (non-hydrogen) atoms. The fourth-order valence-electron chi connectivity index (χ4n) is 3.67. The topological polar surface area (TPSA) is 136 Å². The first-order chi connectivity index (χ1) is 18.3. The number of nitrogens with zero attached hydrogens (tertiary/aromatic N) is 4. The van der Waals surface area contributed by atoms with Crippen molar-refractivity contribution in [3.8, 4) is 17.1 Å². The predicted octanol–water partition coefficient (Wildman–Crippen LogP) is 4.91. The van der Waals surface area contributed by atoms with Gasteiger partial charge in [-0.25, -0.2) is 23.4 Å². The third-order valence-electron chi connectivity index (χ3n) is 5.49. The number of ether oxygens (including phenoxy) is 1. The minimum atomic E-state index is -3.93. The molecule has 0 saturated carbocycles. The van der Waals surface area contributed by atoms with E-state index < -0.39 is 10.0 Å². The molecule has 2 N–H and O–H groups in total. The average molecular weight is 591 g/mol. The number of nitrogens with one attached hydrogen (secondary N) is 2. The van der Waals surface area contributed by atoms with Crippen LogP contribution in [0.3, 0.4) is 0 Å². The molecule has 0 fully saturated rings. The molecular weight excluding hydrogens is 572 g/mol. The van der Waals surface area contributed by atoms with Crippen LogP contribution in [-0.4, -0.2) is 41.4 Å². The van der Waals surface area contributed by atoms with Crippen LogP contribution < -0.4 is 14.8 Å². The zero-order valence-electron chi connectivity index (χ0n) is 19.8. The zero-order chi connectivity index (χ0) is 26.7. The average Bonchev–Trinajstić information content (AvgIpc) is 2.93. The second-order valence-corrected chi connectivity index (χ2v) is 10.6. The first kappa shape index (κ1) is 25.2. The summed E-state index contributed by atoms with van der Waals surface area (Å²) in [6.07, 6.45) is 4.54. The van der Waals surface area contributed by atoms with E-state index in [2.05, 4.69) is 45.9 Å². The van der Waals surface area contributed by atoms with Crippen molar-refractivity contribution in [1.29, 1.82) is 0 Å². The molecule has 3 aromatic heterocycles. The summed E-state index contributed by atoms with van der Waals surface area (Å²) in [7, 11) is -2.52. The molecule has 0 unspecified atom stereocenters. The van der Waals surface area contributed by atoms with Crippen LogP contribution in [0.25, 0.3) is 22.2 Å². The molecule has 1 amide bonds. The number of halogens is 1. The summed E-state index contributed by atoms with van der Waals surface area (Å²) in [6, 6.07) is 18.0. The molecule has 10 nitrogen and oxygen atoms in total. The predicted molar refractivity (Wildman–Crippen MR) is 146 cm³/mol. The van der Waals surface area contributed by atoms with Gasteiger partial charge in [0, 0.05) is 39.6 Å². The Kier molecular flexibility index (Phi) is 6.99. The molecule has 0 saturated heterocycles. The van der Waals surface area contributed by atoms with Crippen molar-refractivity contribution in [3.05, 3.63) is 95.5 Å². The molecule has 5 rings (SSSR count). The first-order valence-electron chi connectivity index (χ1n) is 11.1. The smallest absolute Gasteiger partial charge is 0.263 e. The van der Waals surface area contributed by atoms with Gasteiger partial charge in [0.05, 0.1) is 28.8 Å². The van der Waals surface area contributed by atoms with Gasteiger partial charge in [0.1, 0.15) is 12.1 Å². The van der Waals surface area contributed by atoms with Crippen molar-refractivity contribution in [3.63, 3.8) is 0 Å². The van der Waals surface area contributed by atoms with Crippen molar-refractivity contribution in [2.45, 2.75) is 4.90 Å². The standard InChI is InChI=1S/C26H19BrN6O4S/c1-37-25-13-24(29-15-30-25)33-38(35,36)19-7-5-18(6-8-19)31-26(34)21-12-23(16-3-2-10-28-14-16)32-22-9-4-17(27)11-20(21)22/h2-15H,1H3,(H,31,34)(H,29,30,33). The van der Waals surface area contributed by atoms with E-state index in [1.807, 2.05) is 24.3 Å². The summed E-state index contributed by atoms with van der Waals surface area (Å²) in [5, 5.41) is 3.50. The number of methoxy groups -OCH3 is 1. The molecule has 0 bridgehead atoms. The number of hydrogen-bond acceptors (Lipinski definition) is 8. The van der Waals surface area contributed by atoms with Gasteiger partial charge in [0.25, 0.3) is 15.9 Å². The van der Waals surface area contributed by atoms with Crippen molar-refractivity contribution < 1.29 is 17.9 Å². The molecule has 3 heterocycles. The fraction of sp³-hybridized carbons (Fsp3) is 0.0385. The van der Waals surface area contributed by atoms with Gasteiger partial charge in [-0.05, 0) is 60.7 Å². The number of anilines is 2. The van der Waals surface area contributed by atoms with Gasteiger partial charge in [0.15, 0.2) is 0 Å². The number of carbonyl (C=O) groups excluding carboxylic acids is 1. The number of fused-ring (bicyclic) bond motifs is 1. The third kappa shape index (κ3) is 5.45. The maximum absolute atomic E-state index is 13.4. The van der Waals surface area contributed by atoms with E-state index in [4.69, 9.17) is 4.74 Å². The quantitative estimate of drug-likeness (QED) is 0.273. The van der Waals surface area contributed by atoms with E-state index in [0.717, 1.165) is 10.0 Å². The first-order valence-corrected chi connectivity index (χ1v) is 13.4. The summed E-state index contributed by atoms with van der Waals surface area (Å²) >= 11 is 3.46. The SMILES string of the molecule is COc1cc(NS(=O)(=O)c2ccc(NC(=O)c3cc(-c4cccnc4)nc4ccc(Br)cc34)cc2)ncn1. The maximum atomic E-state index is 13.4. The van der Waals surface area contributed by atoms with Gasteiger partial charge in [-0.3, -0.25) is 14.5 Å². The number of sulfonamides is 1. The molecule has 190 valence electrons. The van der Waals surface area contributed by atoms with E-state index in [1.165, 1.54) is 43.8 Å². The summed E-state index contributed by atoms with van der Waals surface area (Å²) in [4.78, 5) is 30.0. The molecule has 0 aliphatic carbocycles. The van der Waals surface area contributed by atoms with Gasteiger partial charge in [0.2, 0.25) is 5.88 Å². The Bertz CT molecular complexity index is 1750. The number of hydrogen-bond donors (Lipinski definition) is 2. The number of rotatable bonds is 7. The molecule has 0 aliphatic heterocycles. The summed E-state index contributed by atoms with van der Waals surface area (Å²) < 4.78 is 33.8. The Labute approximate surface area is 226 Å². The molecule has 5 aromatic rings. The summed E-state index contributed by atoms with van der Waals surface area (Å²) in [5.74, 6) is -0.0880. The molecule has 0 atom stereocenters. The van der Waals surface area contributed by atoms with E-state index >= 15 is 0 Å². The van der Waals surface area contributed by atoms with E-state index in [1.54, 1.807) is 24.5 Å². The highest BCUT2D eigenvalue weighted by molar-refractivity contribution is 9.10. The van der Waals surface area contributed by atoms with Gasteiger partial charge >= 0.3 is 0 Å². The monoisotopic (exact) mass is 590 g/mol. The third-order valence-corrected chi connectivity index (χ3v) is 7.35. The zero-order valence-corrected chi connectivity index (χ0v) is 22.2. The Morgan fingerprint density at radius 3 is 2.55 bits per heavy atom. The molecule has 0 aliphatic rings. The summed E-state index contributed by atoms with van der Waals surface area (Å²) in [6.45, 7) is 0. The van der Waals surface area contributed by atoms with Crippen molar-refractivity contribution >= 4 is 54.3 Å². The van der Waals surface area contributed by atoms with Crippen molar-refractivity contribution in [2.24, 2.45) is 0 Å². The number of aromatic nitrogens is 4. The van der Waals surface area contributed by atoms with E-state index in [9.17, 15) is 13.2 Å². The maximum Gasteiger partial charge on any atom is 0.263 e. The van der Waals surface area contributed by atoms with Crippen molar-refractivity contribution in [1.82, 2.24) is 19.9 Å². The Balaban J connectivity index is 1.41. The van der Waals surface area contributed by atoms with Gasteiger partial charge in [-0.1, -0.05) is 15.9 Å².